The van der Waals surface area contributed by atoms with Gasteiger partial charge < -0.3 is 14.6 Å². The second kappa shape index (κ2) is 4.28. The Morgan fingerprint density at radius 1 is 1.00 bits per heavy atom. The molecule has 3 nitrogen and oxygen atoms in total. The van der Waals surface area contributed by atoms with Gasteiger partial charge in [-0.15, -0.1) is 0 Å². The van der Waals surface area contributed by atoms with E-state index in [1.165, 1.54) is 12.8 Å². The van der Waals surface area contributed by atoms with Crippen molar-refractivity contribution in [3.8, 4) is 0 Å². The summed E-state index contributed by atoms with van der Waals surface area (Å²) in [5, 5.41) is 10.2. The van der Waals surface area contributed by atoms with Crippen molar-refractivity contribution in [2.24, 2.45) is 11.8 Å². The molecule has 0 aromatic carbocycles. The molecule has 0 aromatic heterocycles. The van der Waals surface area contributed by atoms with Crippen molar-refractivity contribution in [3.05, 3.63) is 0 Å². The molecule has 2 unspecified atom stereocenters. The number of aliphatic hydroxyl groups is 1. The lowest BCUT2D eigenvalue weighted by Gasteiger charge is -2.44. The summed E-state index contributed by atoms with van der Waals surface area (Å²) in [6.07, 6.45) is 6.52. The molecule has 1 N–H and O–H groups in total. The highest BCUT2D eigenvalue weighted by molar-refractivity contribution is 4.94. The minimum absolute atomic E-state index is 0.0387. The standard InChI is InChI=1S/C13H22O3/c14-12(10-1-2-10)11-3-6-16-13(9-11)4-7-15-8-5-13/h10-12,14H,1-9H2. The van der Waals surface area contributed by atoms with Gasteiger partial charge in [0.25, 0.3) is 0 Å². The molecule has 0 aromatic rings. The summed E-state index contributed by atoms with van der Waals surface area (Å²) in [7, 11) is 0. The van der Waals surface area contributed by atoms with E-state index in [1.807, 2.05) is 0 Å². The van der Waals surface area contributed by atoms with Crippen LogP contribution in [0.4, 0.5) is 0 Å². The maximum atomic E-state index is 10.2. The first-order valence-corrected chi connectivity index (χ1v) is 6.69. The third-order valence-corrected chi connectivity index (χ3v) is 4.52. The summed E-state index contributed by atoms with van der Waals surface area (Å²) in [6.45, 7) is 2.48. The lowest BCUT2D eigenvalue weighted by atomic mass is 9.77. The zero-order valence-electron chi connectivity index (χ0n) is 9.86. The Morgan fingerprint density at radius 2 is 1.75 bits per heavy atom. The first-order valence-electron chi connectivity index (χ1n) is 6.69. The third-order valence-electron chi connectivity index (χ3n) is 4.52. The molecule has 0 amide bonds. The summed E-state index contributed by atoms with van der Waals surface area (Å²) >= 11 is 0. The Labute approximate surface area is 97.1 Å². The van der Waals surface area contributed by atoms with Crippen LogP contribution in [0.5, 0.6) is 0 Å². The van der Waals surface area contributed by atoms with E-state index in [-0.39, 0.29) is 11.7 Å². The van der Waals surface area contributed by atoms with Gasteiger partial charge in [0.15, 0.2) is 0 Å². The van der Waals surface area contributed by atoms with Crippen LogP contribution in [-0.2, 0) is 9.47 Å². The van der Waals surface area contributed by atoms with Crippen molar-refractivity contribution in [2.75, 3.05) is 19.8 Å². The van der Waals surface area contributed by atoms with Crippen molar-refractivity contribution >= 4 is 0 Å². The molecule has 16 heavy (non-hydrogen) atoms. The van der Waals surface area contributed by atoms with Crippen LogP contribution in [0.25, 0.3) is 0 Å². The van der Waals surface area contributed by atoms with Gasteiger partial charge in [-0.3, -0.25) is 0 Å². The van der Waals surface area contributed by atoms with Gasteiger partial charge in [0.2, 0.25) is 0 Å². The fourth-order valence-electron chi connectivity index (χ4n) is 3.27. The van der Waals surface area contributed by atoms with E-state index in [9.17, 15) is 5.11 Å². The Morgan fingerprint density at radius 3 is 2.44 bits per heavy atom. The molecule has 1 spiro atoms. The predicted octanol–water partition coefficient (Wildman–Crippen LogP) is 1.73. The molecular formula is C13H22O3. The van der Waals surface area contributed by atoms with Gasteiger partial charge in [0.05, 0.1) is 11.7 Å². The SMILES string of the molecule is OC(C1CC1)C1CCOC2(CCOCC2)C1. The van der Waals surface area contributed by atoms with Crippen molar-refractivity contribution < 1.29 is 14.6 Å². The van der Waals surface area contributed by atoms with Crippen LogP contribution >= 0.6 is 0 Å². The average Bonchev–Trinajstić information content (AvgIpc) is 3.13. The number of rotatable bonds is 2. The smallest absolute Gasteiger partial charge is 0.0730 e. The van der Waals surface area contributed by atoms with E-state index in [2.05, 4.69) is 0 Å². The van der Waals surface area contributed by atoms with Crippen LogP contribution in [0, 0.1) is 11.8 Å². The van der Waals surface area contributed by atoms with Gasteiger partial charge in [-0.25, -0.2) is 0 Å². The number of ether oxygens (including phenoxy) is 2. The highest BCUT2D eigenvalue weighted by Gasteiger charge is 2.44. The van der Waals surface area contributed by atoms with Crippen molar-refractivity contribution in [2.45, 2.75) is 50.2 Å². The van der Waals surface area contributed by atoms with Crippen LogP contribution < -0.4 is 0 Å². The molecule has 2 aliphatic heterocycles. The molecule has 3 heteroatoms. The Balaban J connectivity index is 1.63. The van der Waals surface area contributed by atoms with Crippen LogP contribution in [0.1, 0.15) is 38.5 Å². The van der Waals surface area contributed by atoms with Gasteiger partial charge in [0, 0.05) is 19.8 Å². The summed E-state index contributed by atoms with van der Waals surface area (Å²) < 4.78 is 11.4. The molecule has 3 rings (SSSR count). The summed E-state index contributed by atoms with van der Waals surface area (Å²) in [6, 6.07) is 0. The van der Waals surface area contributed by atoms with E-state index in [0.717, 1.165) is 45.5 Å². The molecule has 1 aliphatic carbocycles. The maximum Gasteiger partial charge on any atom is 0.0730 e. The maximum absolute atomic E-state index is 10.2. The minimum Gasteiger partial charge on any atom is -0.393 e. The van der Waals surface area contributed by atoms with E-state index in [4.69, 9.17) is 9.47 Å². The van der Waals surface area contributed by atoms with E-state index in [1.54, 1.807) is 0 Å². The van der Waals surface area contributed by atoms with Crippen molar-refractivity contribution in [3.63, 3.8) is 0 Å². The number of aliphatic hydroxyl groups excluding tert-OH is 1. The van der Waals surface area contributed by atoms with Gasteiger partial charge in [-0.1, -0.05) is 0 Å². The average molecular weight is 226 g/mol. The first-order chi connectivity index (χ1) is 7.79. The summed E-state index contributed by atoms with van der Waals surface area (Å²) in [4.78, 5) is 0. The van der Waals surface area contributed by atoms with Gasteiger partial charge in [-0.2, -0.15) is 0 Å². The molecular weight excluding hydrogens is 204 g/mol. The fraction of sp³-hybridized carbons (Fsp3) is 1.00. The van der Waals surface area contributed by atoms with E-state index >= 15 is 0 Å². The van der Waals surface area contributed by atoms with Crippen molar-refractivity contribution in [1.29, 1.82) is 0 Å². The van der Waals surface area contributed by atoms with Crippen LogP contribution in [0.2, 0.25) is 0 Å². The van der Waals surface area contributed by atoms with Crippen LogP contribution in [0.3, 0.4) is 0 Å². The minimum atomic E-state index is -0.0661. The molecule has 3 fully saturated rings. The fourth-order valence-corrected chi connectivity index (χ4v) is 3.27. The second-order valence-electron chi connectivity index (χ2n) is 5.72. The highest BCUT2D eigenvalue weighted by Crippen LogP contribution is 2.43. The molecule has 2 heterocycles. The third kappa shape index (κ3) is 2.13. The second-order valence-corrected chi connectivity index (χ2v) is 5.72. The first kappa shape index (κ1) is 11.0. The molecule has 3 aliphatic rings. The molecule has 2 atom stereocenters. The van der Waals surface area contributed by atoms with Crippen molar-refractivity contribution in [1.82, 2.24) is 0 Å². The number of hydrogen-bond acceptors (Lipinski definition) is 3. The zero-order chi connectivity index (χ0) is 11.0. The lowest BCUT2D eigenvalue weighted by molar-refractivity contribution is -0.159. The highest BCUT2D eigenvalue weighted by atomic mass is 16.5. The largest absolute Gasteiger partial charge is 0.393 e. The molecule has 92 valence electrons. The monoisotopic (exact) mass is 226 g/mol. The Hall–Kier alpha value is -0.120. The predicted molar refractivity (Wildman–Crippen MR) is 60.2 cm³/mol. The van der Waals surface area contributed by atoms with E-state index < -0.39 is 0 Å². The van der Waals surface area contributed by atoms with Crippen LogP contribution in [0.15, 0.2) is 0 Å². The van der Waals surface area contributed by atoms with Gasteiger partial charge in [0.1, 0.15) is 0 Å². The Kier molecular flexibility index (Phi) is 2.94. The van der Waals surface area contributed by atoms with Crippen LogP contribution in [-0.4, -0.2) is 36.6 Å². The van der Waals surface area contributed by atoms with Gasteiger partial charge >= 0.3 is 0 Å². The number of hydrogen-bond donors (Lipinski definition) is 1. The normalized spacial score (nSPS) is 36.2. The zero-order valence-corrected chi connectivity index (χ0v) is 9.86. The molecule has 0 radical (unpaired) electrons. The molecule has 0 bridgehead atoms. The van der Waals surface area contributed by atoms with E-state index in [0.29, 0.717) is 11.8 Å². The summed E-state index contributed by atoms with van der Waals surface area (Å²) in [5.41, 5.74) is 0.0387. The molecule has 1 saturated carbocycles. The topological polar surface area (TPSA) is 38.7 Å². The Bertz CT molecular complexity index is 238. The quantitative estimate of drug-likeness (QED) is 0.779. The molecule has 2 saturated heterocycles. The lowest BCUT2D eigenvalue weighted by Crippen LogP contribution is -2.47. The summed E-state index contributed by atoms with van der Waals surface area (Å²) in [5.74, 6) is 1.07. The van der Waals surface area contributed by atoms with Gasteiger partial charge in [-0.05, 0) is 50.4 Å².